The van der Waals surface area contributed by atoms with Gasteiger partial charge >= 0.3 is 0 Å². The van der Waals surface area contributed by atoms with E-state index in [0.717, 1.165) is 15.9 Å². The Labute approximate surface area is 67.8 Å². The maximum atomic E-state index is 8.82. The second kappa shape index (κ2) is 2.72. The summed E-state index contributed by atoms with van der Waals surface area (Å²) >= 11 is 3.32. The molecule has 1 aromatic heterocycles. The van der Waals surface area contributed by atoms with E-state index in [1.165, 1.54) is 0 Å². The molecule has 0 aliphatic rings. The van der Waals surface area contributed by atoms with E-state index in [2.05, 4.69) is 21.0 Å². The maximum Gasteiger partial charge on any atom is 0.0861 e. The van der Waals surface area contributed by atoms with Crippen LogP contribution in [0.25, 0.3) is 0 Å². The Morgan fingerprint density at radius 3 is 2.50 bits per heavy atom. The summed E-state index contributed by atoms with van der Waals surface area (Å²) in [5, 5.41) is 12.9. The predicted molar refractivity (Wildman–Crippen MR) is 41.6 cm³/mol. The van der Waals surface area contributed by atoms with Gasteiger partial charge in [0, 0.05) is 7.05 Å². The molecule has 0 spiro atoms. The van der Waals surface area contributed by atoms with Crippen LogP contribution in [0, 0.1) is 6.92 Å². The van der Waals surface area contributed by atoms with Gasteiger partial charge in [-0.1, -0.05) is 0 Å². The molecule has 0 radical (unpaired) electrons. The van der Waals surface area contributed by atoms with Gasteiger partial charge in [0.15, 0.2) is 0 Å². The number of hydrogen-bond donors (Lipinski definition) is 1. The maximum absolute atomic E-state index is 8.82. The summed E-state index contributed by atoms with van der Waals surface area (Å²) in [6.07, 6.45) is 0. The highest BCUT2D eigenvalue weighted by molar-refractivity contribution is 9.10. The summed E-state index contributed by atoms with van der Waals surface area (Å²) in [7, 11) is 1.81. The van der Waals surface area contributed by atoms with Crippen LogP contribution in [0.2, 0.25) is 0 Å². The number of nitrogens with zero attached hydrogens (tertiary/aromatic N) is 2. The molecule has 0 saturated carbocycles. The van der Waals surface area contributed by atoms with Crippen LogP contribution in [0.5, 0.6) is 0 Å². The molecule has 10 heavy (non-hydrogen) atoms. The highest BCUT2D eigenvalue weighted by atomic mass is 79.9. The monoisotopic (exact) mass is 204 g/mol. The van der Waals surface area contributed by atoms with Gasteiger partial charge in [0.1, 0.15) is 0 Å². The van der Waals surface area contributed by atoms with Crippen LogP contribution < -0.4 is 0 Å². The molecule has 0 atom stereocenters. The minimum atomic E-state index is 0.0257. The first-order chi connectivity index (χ1) is 4.66. The fraction of sp³-hybridized carbons (Fsp3) is 0.500. The molecule has 0 aromatic carbocycles. The molecule has 1 heterocycles. The Hall–Kier alpha value is -0.350. The Kier molecular flexibility index (Phi) is 2.11. The summed E-state index contributed by atoms with van der Waals surface area (Å²) in [6.45, 7) is 1.92. The fourth-order valence-electron chi connectivity index (χ4n) is 0.852. The SMILES string of the molecule is Cc1nn(C)c(CO)c1Br. The van der Waals surface area contributed by atoms with E-state index in [9.17, 15) is 0 Å². The summed E-state index contributed by atoms with van der Waals surface area (Å²) < 4.78 is 2.57. The number of aliphatic hydroxyl groups excluding tert-OH is 1. The molecule has 1 N–H and O–H groups in total. The molecule has 1 aromatic rings. The molecule has 0 aliphatic heterocycles. The van der Waals surface area contributed by atoms with Crippen molar-refractivity contribution in [3.8, 4) is 0 Å². The first-order valence-electron chi connectivity index (χ1n) is 2.95. The second-order valence-corrected chi connectivity index (χ2v) is 2.92. The van der Waals surface area contributed by atoms with Crippen molar-refractivity contribution in [2.45, 2.75) is 13.5 Å². The van der Waals surface area contributed by atoms with Crippen LogP contribution in [0.3, 0.4) is 0 Å². The number of rotatable bonds is 1. The number of hydrogen-bond acceptors (Lipinski definition) is 2. The van der Waals surface area contributed by atoms with E-state index in [0.29, 0.717) is 0 Å². The quantitative estimate of drug-likeness (QED) is 0.742. The molecule has 1 rings (SSSR count). The van der Waals surface area contributed by atoms with E-state index in [-0.39, 0.29) is 6.61 Å². The van der Waals surface area contributed by atoms with Gasteiger partial charge in [-0.3, -0.25) is 4.68 Å². The van der Waals surface area contributed by atoms with E-state index >= 15 is 0 Å². The zero-order valence-electron chi connectivity index (χ0n) is 5.93. The average molecular weight is 205 g/mol. The molecule has 3 nitrogen and oxygen atoms in total. The van der Waals surface area contributed by atoms with Gasteiger partial charge in [-0.2, -0.15) is 5.10 Å². The molecule has 0 fully saturated rings. The van der Waals surface area contributed by atoms with Crippen molar-refractivity contribution in [3.63, 3.8) is 0 Å². The highest BCUT2D eigenvalue weighted by Crippen LogP contribution is 2.19. The van der Waals surface area contributed by atoms with Crippen molar-refractivity contribution >= 4 is 15.9 Å². The molecule has 0 saturated heterocycles. The van der Waals surface area contributed by atoms with Crippen LogP contribution in [-0.4, -0.2) is 14.9 Å². The van der Waals surface area contributed by atoms with Gasteiger partial charge in [0.05, 0.1) is 22.5 Å². The average Bonchev–Trinajstić information content (AvgIpc) is 2.09. The lowest BCUT2D eigenvalue weighted by Gasteiger charge is -1.94. The summed E-state index contributed by atoms with van der Waals surface area (Å²) in [5.41, 5.74) is 1.73. The van der Waals surface area contributed by atoms with Crippen molar-refractivity contribution in [3.05, 3.63) is 15.9 Å². The number of halogens is 1. The lowest BCUT2D eigenvalue weighted by Crippen LogP contribution is -1.97. The summed E-state index contributed by atoms with van der Waals surface area (Å²) in [4.78, 5) is 0. The molecule has 0 unspecified atom stereocenters. The van der Waals surface area contributed by atoms with Crippen LogP contribution in [-0.2, 0) is 13.7 Å². The van der Waals surface area contributed by atoms with Crippen molar-refractivity contribution in [1.82, 2.24) is 9.78 Å². The van der Waals surface area contributed by atoms with E-state index in [1.54, 1.807) is 4.68 Å². The zero-order valence-corrected chi connectivity index (χ0v) is 7.51. The van der Waals surface area contributed by atoms with Crippen molar-refractivity contribution < 1.29 is 5.11 Å². The lowest BCUT2D eigenvalue weighted by molar-refractivity contribution is 0.270. The highest BCUT2D eigenvalue weighted by Gasteiger charge is 2.07. The largest absolute Gasteiger partial charge is 0.390 e. The Morgan fingerprint density at radius 2 is 2.30 bits per heavy atom. The molecule has 0 aliphatic carbocycles. The number of aliphatic hydroxyl groups is 1. The third-order valence-electron chi connectivity index (χ3n) is 1.41. The lowest BCUT2D eigenvalue weighted by atomic mass is 10.4. The number of aromatic nitrogens is 2. The van der Waals surface area contributed by atoms with E-state index < -0.39 is 0 Å². The van der Waals surface area contributed by atoms with Crippen LogP contribution in [0.4, 0.5) is 0 Å². The minimum Gasteiger partial charge on any atom is -0.390 e. The third-order valence-corrected chi connectivity index (χ3v) is 2.44. The van der Waals surface area contributed by atoms with Gasteiger partial charge in [-0.25, -0.2) is 0 Å². The smallest absolute Gasteiger partial charge is 0.0861 e. The standard InChI is InChI=1S/C6H9BrN2O/c1-4-6(7)5(3-10)9(2)8-4/h10H,3H2,1-2H3. The summed E-state index contributed by atoms with van der Waals surface area (Å²) in [6, 6.07) is 0. The molecule has 4 heteroatoms. The van der Waals surface area contributed by atoms with Crippen LogP contribution in [0.1, 0.15) is 11.4 Å². The molecular formula is C6H9BrN2O. The van der Waals surface area contributed by atoms with Gasteiger partial charge in [0.25, 0.3) is 0 Å². The molecule has 0 bridgehead atoms. The second-order valence-electron chi connectivity index (χ2n) is 2.13. The first kappa shape index (κ1) is 7.75. The van der Waals surface area contributed by atoms with Gasteiger partial charge in [-0.05, 0) is 22.9 Å². The topological polar surface area (TPSA) is 38.0 Å². The predicted octanol–water partition coefficient (Wildman–Crippen LogP) is 0.983. The Balaban J connectivity index is 3.20. The molecule has 0 amide bonds. The van der Waals surface area contributed by atoms with Crippen LogP contribution >= 0.6 is 15.9 Å². The first-order valence-corrected chi connectivity index (χ1v) is 3.75. The molecule has 56 valence electrons. The van der Waals surface area contributed by atoms with Gasteiger partial charge in [-0.15, -0.1) is 0 Å². The van der Waals surface area contributed by atoms with Gasteiger partial charge in [0.2, 0.25) is 0 Å². The normalized spacial score (nSPS) is 10.4. The summed E-state index contributed by atoms with van der Waals surface area (Å²) in [5.74, 6) is 0. The van der Waals surface area contributed by atoms with E-state index in [4.69, 9.17) is 5.11 Å². The minimum absolute atomic E-state index is 0.0257. The zero-order chi connectivity index (χ0) is 7.72. The van der Waals surface area contributed by atoms with Crippen LogP contribution in [0.15, 0.2) is 4.47 Å². The van der Waals surface area contributed by atoms with Crippen molar-refractivity contribution in [1.29, 1.82) is 0 Å². The fourth-order valence-corrected chi connectivity index (χ4v) is 1.31. The van der Waals surface area contributed by atoms with Crippen molar-refractivity contribution in [2.24, 2.45) is 7.05 Å². The third kappa shape index (κ3) is 1.09. The van der Waals surface area contributed by atoms with Crippen molar-refractivity contribution in [2.75, 3.05) is 0 Å². The van der Waals surface area contributed by atoms with E-state index in [1.807, 2.05) is 14.0 Å². The van der Waals surface area contributed by atoms with Gasteiger partial charge < -0.3 is 5.11 Å². The number of aryl methyl sites for hydroxylation is 2. The molecular weight excluding hydrogens is 196 g/mol. The Bertz CT molecular complexity index is 244. The Morgan fingerprint density at radius 1 is 1.70 bits per heavy atom.